The molecule has 2 saturated carbocycles. The van der Waals surface area contributed by atoms with Crippen molar-refractivity contribution in [2.75, 3.05) is 5.32 Å². The lowest BCUT2D eigenvalue weighted by Gasteiger charge is -2.42. The normalized spacial score (nSPS) is 26.7. The average molecular weight is 478 g/mol. The van der Waals surface area contributed by atoms with E-state index in [2.05, 4.69) is 21.2 Å². The number of alkyl halides is 4. The zero-order valence-electron chi connectivity index (χ0n) is 16.1. The summed E-state index contributed by atoms with van der Waals surface area (Å²) in [5.41, 5.74) is 0.539. The van der Waals surface area contributed by atoms with Crippen LogP contribution in [0.15, 0.2) is 22.7 Å². The molecule has 0 radical (unpaired) electrons. The number of carbonyl (C=O) groups is 2. The molecule has 2 fully saturated rings. The summed E-state index contributed by atoms with van der Waals surface area (Å²) in [7, 11) is 0. The number of benzene rings is 1. The van der Waals surface area contributed by atoms with E-state index in [1.54, 1.807) is 18.2 Å². The average Bonchev–Trinajstić information content (AvgIpc) is 2.61. The van der Waals surface area contributed by atoms with Crippen LogP contribution in [0.4, 0.5) is 23.2 Å². The van der Waals surface area contributed by atoms with Gasteiger partial charge in [0, 0.05) is 36.1 Å². The van der Waals surface area contributed by atoms with Crippen LogP contribution < -0.4 is 5.32 Å². The molecule has 2 atom stereocenters. The third-order valence-electron chi connectivity index (χ3n) is 6.21. The van der Waals surface area contributed by atoms with Crippen molar-refractivity contribution in [2.45, 2.75) is 63.7 Å². The van der Waals surface area contributed by atoms with Gasteiger partial charge in [-0.2, -0.15) is 0 Å². The minimum Gasteiger partial charge on any atom is -0.325 e. The Balaban J connectivity index is 1.82. The van der Waals surface area contributed by atoms with Crippen molar-refractivity contribution in [1.29, 1.82) is 0 Å². The fraction of sp³-hybridized carbons (Fsp3) is 0.619. The number of Topliss-reactive ketones (excluding diaryl/α,β-unsaturated/α-hetero) is 1. The van der Waals surface area contributed by atoms with Crippen molar-refractivity contribution < 1.29 is 27.2 Å². The van der Waals surface area contributed by atoms with Gasteiger partial charge in [-0.25, -0.2) is 17.6 Å². The van der Waals surface area contributed by atoms with E-state index in [4.69, 9.17) is 0 Å². The van der Waals surface area contributed by atoms with Crippen molar-refractivity contribution in [3.8, 4) is 0 Å². The maximum atomic E-state index is 14.1. The van der Waals surface area contributed by atoms with E-state index in [0.717, 1.165) is 0 Å². The van der Waals surface area contributed by atoms with Crippen molar-refractivity contribution >= 4 is 33.3 Å². The first-order valence-corrected chi connectivity index (χ1v) is 10.6. The Morgan fingerprint density at radius 2 is 1.66 bits per heavy atom. The van der Waals surface area contributed by atoms with Crippen molar-refractivity contribution in [2.24, 2.45) is 17.8 Å². The van der Waals surface area contributed by atoms with Crippen LogP contribution in [0, 0.1) is 17.8 Å². The minimum absolute atomic E-state index is 0.138. The number of anilines is 1. The summed E-state index contributed by atoms with van der Waals surface area (Å²) in [5.74, 6) is -8.03. The van der Waals surface area contributed by atoms with E-state index >= 15 is 0 Å². The number of hydrogen-bond acceptors (Lipinski definition) is 2. The Kier molecular flexibility index (Phi) is 6.41. The number of ketones is 1. The molecular formula is C21H24BrF4NO2. The summed E-state index contributed by atoms with van der Waals surface area (Å²) in [4.78, 5) is 25.0. The number of hydrogen-bond donors (Lipinski definition) is 1. The second-order valence-corrected chi connectivity index (χ2v) is 9.12. The molecule has 2 aliphatic rings. The first-order valence-electron chi connectivity index (χ1n) is 9.85. The van der Waals surface area contributed by atoms with Crippen LogP contribution >= 0.6 is 15.9 Å². The lowest BCUT2D eigenvalue weighted by Crippen LogP contribution is -2.43. The van der Waals surface area contributed by atoms with Gasteiger partial charge in [0.25, 0.3) is 0 Å². The van der Waals surface area contributed by atoms with Gasteiger partial charge in [-0.3, -0.25) is 9.59 Å². The van der Waals surface area contributed by atoms with E-state index in [1.807, 2.05) is 0 Å². The molecule has 0 spiro atoms. The van der Waals surface area contributed by atoms with Crippen LogP contribution in [-0.4, -0.2) is 23.5 Å². The summed E-state index contributed by atoms with van der Waals surface area (Å²) >= 11 is 3.27. The van der Waals surface area contributed by atoms with Crippen LogP contribution in [0.5, 0.6) is 0 Å². The summed E-state index contributed by atoms with van der Waals surface area (Å²) in [6.45, 7) is 1.36. The van der Waals surface area contributed by atoms with Crippen molar-refractivity contribution in [3.05, 3.63) is 28.2 Å². The smallest absolute Gasteiger partial charge is 0.248 e. The molecule has 0 saturated heterocycles. The fourth-order valence-electron chi connectivity index (χ4n) is 4.71. The molecule has 0 aliphatic heterocycles. The van der Waals surface area contributed by atoms with Gasteiger partial charge < -0.3 is 5.32 Å². The van der Waals surface area contributed by atoms with Crippen molar-refractivity contribution in [3.63, 3.8) is 0 Å². The summed E-state index contributed by atoms with van der Waals surface area (Å²) in [6.07, 6.45) is -0.841. The van der Waals surface area contributed by atoms with Gasteiger partial charge in [0.15, 0.2) is 5.78 Å². The molecule has 3 rings (SSSR count). The predicted octanol–water partition coefficient (Wildman–Crippen LogP) is 6.47. The fourth-order valence-corrected chi connectivity index (χ4v) is 5.35. The third kappa shape index (κ3) is 5.19. The first-order chi connectivity index (χ1) is 13.5. The molecular weight excluding hydrogens is 454 g/mol. The van der Waals surface area contributed by atoms with Crippen LogP contribution in [-0.2, 0) is 4.79 Å². The molecule has 0 unspecified atom stereocenters. The maximum Gasteiger partial charge on any atom is 0.248 e. The lowest BCUT2D eigenvalue weighted by atomic mass is 9.66. The Hall–Kier alpha value is -1.44. The summed E-state index contributed by atoms with van der Waals surface area (Å²) < 4.78 is 55.8. The molecule has 0 aromatic heterocycles. The number of amides is 1. The largest absolute Gasteiger partial charge is 0.325 e. The zero-order valence-corrected chi connectivity index (χ0v) is 17.7. The molecule has 29 heavy (non-hydrogen) atoms. The second-order valence-electron chi connectivity index (χ2n) is 8.27. The number of rotatable bonds is 4. The molecule has 2 aliphatic carbocycles. The van der Waals surface area contributed by atoms with E-state index in [0.29, 0.717) is 4.47 Å². The van der Waals surface area contributed by atoms with E-state index in [1.165, 1.54) is 6.92 Å². The Morgan fingerprint density at radius 3 is 2.28 bits per heavy atom. The predicted molar refractivity (Wildman–Crippen MR) is 105 cm³/mol. The van der Waals surface area contributed by atoms with E-state index in [-0.39, 0.29) is 67.4 Å². The lowest BCUT2D eigenvalue weighted by molar-refractivity contribution is -0.136. The summed E-state index contributed by atoms with van der Waals surface area (Å²) in [5, 5.41) is 2.65. The van der Waals surface area contributed by atoms with Gasteiger partial charge in [0.2, 0.25) is 17.8 Å². The van der Waals surface area contributed by atoms with Gasteiger partial charge in [-0.15, -0.1) is 0 Å². The van der Waals surface area contributed by atoms with Crippen LogP contribution in [0.2, 0.25) is 0 Å². The van der Waals surface area contributed by atoms with Gasteiger partial charge in [-0.1, -0.05) is 6.07 Å². The van der Waals surface area contributed by atoms with Gasteiger partial charge in [0.1, 0.15) is 0 Å². The Bertz CT molecular complexity index is 789. The van der Waals surface area contributed by atoms with Crippen LogP contribution in [0.3, 0.4) is 0 Å². The highest BCUT2D eigenvalue weighted by Crippen LogP contribution is 2.49. The van der Waals surface area contributed by atoms with Gasteiger partial charge >= 0.3 is 0 Å². The van der Waals surface area contributed by atoms with Crippen LogP contribution in [0.1, 0.15) is 62.2 Å². The van der Waals surface area contributed by atoms with Gasteiger partial charge in [0.05, 0.1) is 11.3 Å². The Morgan fingerprint density at radius 1 is 1.03 bits per heavy atom. The van der Waals surface area contributed by atoms with Crippen LogP contribution in [0.25, 0.3) is 0 Å². The highest BCUT2D eigenvalue weighted by Gasteiger charge is 2.48. The highest BCUT2D eigenvalue weighted by atomic mass is 79.9. The topological polar surface area (TPSA) is 46.2 Å². The standard InChI is InChI=1S/C21H24BrF4NO2/c1-12(28)18-16(22)3-2-4-17(18)27-19(29)15-11-21(25,26)10-7-14(15)13-5-8-20(23,24)9-6-13/h2-4,13-15H,5-11H2,1H3,(H,27,29)/t14-,15+/m0/s1. The Labute approximate surface area is 175 Å². The van der Waals surface area contributed by atoms with E-state index in [9.17, 15) is 27.2 Å². The molecule has 160 valence electrons. The zero-order chi connectivity index (χ0) is 21.4. The number of carbonyl (C=O) groups excluding carboxylic acids is 2. The first kappa shape index (κ1) is 22.2. The van der Waals surface area contributed by atoms with Crippen molar-refractivity contribution in [1.82, 2.24) is 0 Å². The highest BCUT2D eigenvalue weighted by molar-refractivity contribution is 9.10. The molecule has 0 bridgehead atoms. The minimum atomic E-state index is -2.96. The maximum absolute atomic E-state index is 14.1. The van der Waals surface area contributed by atoms with Gasteiger partial charge in [-0.05, 0) is 66.1 Å². The monoisotopic (exact) mass is 477 g/mol. The number of nitrogens with one attached hydrogen (secondary N) is 1. The molecule has 3 nitrogen and oxygen atoms in total. The quantitative estimate of drug-likeness (QED) is 0.399. The molecule has 1 N–H and O–H groups in total. The third-order valence-corrected chi connectivity index (χ3v) is 6.87. The second kappa shape index (κ2) is 8.36. The molecule has 8 heteroatoms. The molecule has 1 aromatic rings. The number of halogens is 5. The molecule has 1 amide bonds. The molecule has 0 heterocycles. The van der Waals surface area contributed by atoms with E-state index < -0.39 is 30.1 Å². The molecule has 1 aromatic carbocycles. The summed E-state index contributed by atoms with van der Waals surface area (Å²) in [6, 6.07) is 4.85. The SMILES string of the molecule is CC(=O)c1c(Br)cccc1NC(=O)[C@@H]1CC(F)(F)CC[C@H]1C1CCC(F)(F)CC1.